The quantitative estimate of drug-likeness (QED) is 0.425. The van der Waals surface area contributed by atoms with E-state index >= 15 is 0 Å². The van der Waals surface area contributed by atoms with Crippen LogP contribution in [0.2, 0.25) is 0 Å². The van der Waals surface area contributed by atoms with Crippen molar-refractivity contribution in [3.63, 3.8) is 0 Å². The lowest BCUT2D eigenvalue weighted by atomic mass is 10.0. The zero-order valence-electron chi connectivity index (χ0n) is 21.5. The number of nitrogens with zero attached hydrogens (tertiary/aromatic N) is 8. The molecule has 0 radical (unpaired) electrons. The van der Waals surface area contributed by atoms with Crippen LogP contribution in [0.5, 0.6) is 0 Å². The van der Waals surface area contributed by atoms with E-state index in [0.717, 1.165) is 46.5 Å². The van der Waals surface area contributed by atoms with Gasteiger partial charge in [0.05, 0.1) is 35.0 Å². The molecule has 188 valence electrons. The molecule has 0 bridgehead atoms. The molecule has 1 fully saturated rings. The SMILES string of the molecule is CN(C)CC(=O)N1CCC(n2c(=O)n(C)c3cnc4ccc(-c5ccc(N(C)C)nc5)nc4c32)CC1. The van der Waals surface area contributed by atoms with Gasteiger partial charge in [-0.05, 0) is 51.2 Å². The Morgan fingerprint density at radius 3 is 2.42 bits per heavy atom. The number of hydrogen-bond donors (Lipinski definition) is 0. The van der Waals surface area contributed by atoms with Gasteiger partial charge < -0.3 is 14.7 Å². The highest BCUT2D eigenvalue weighted by atomic mass is 16.2. The minimum atomic E-state index is -0.0819. The van der Waals surface area contributed by atoms with Crippen LogP contribution in [0.25, 0.3) is 33.3 Å². The summed E-state index contributed by atoms with van der Waals surface area (Å²) in [4.78, 5) is 45.8. The number of aromatic nitrogens is 5. The molecular weight excluding hydrogens is 456 g/mol. The van der Waals surface area contributed by atoms with Crippen LogP contribution in [0.3, 0.4) is 0 Å². The van der Waals surface area contributed by atoms with Crippen molar-refractivity contribution >= 4 is 33.8 Å². The highest BCUT2D eigenvalue weighted by molar-refractivity contribution is 6.00. The first-order chi connectivity index (χ1) is 17.2. The Labute approximate surface area is 209 Å². The van der Waals surface area contributed by atoms with Crippen molar-refractivity contribution in [1.82, 2.24) is 33.9 Å². The topological polar surface area (TPSA) is 92.4 Å². The highest BCUT2D eigenvalue weighted by Crippen LogP contribution is 2.30. The van der Waals surface area contributed by atoms with Gasteiger partial charge in [-0.3, -0.25) is 18.9 Å². The number of imidazole rings is 1. The van der Waals surface area contributed by atoms with E-state index in [1.165, 1.54) is 0 Å². The van der Waals surface area contributed by atoms with Gasteiger partial charge in [-0.25, -0.2) is 14.8 Å². The van der Waals surface area contributed by atoms with E-state index in [1.807, 2.05) is 77.9 Å². The van der Waals surface area contributed by atoms with Crippen molar-refractivity contribution in [3.8, 4) is 11.3 Å². The van der Waals surface area contributed by atoms with Gasteiger partial charge in [0.2, 0.25) is 5.91 Å². The zero-order chi connectivity index (χ0) is 25.6. The van der Waals surface area contributed by atoms with Crippen molar-refractivity contribution in [2.75, 3.05) is 52.7 Å². The molecular formula is C26H32N8O2. The molecule has 0 aliphatic carbocycles. The van der Waals surface area contributed by atoms with Gasteiger partial charge in [-0.1, -0.05) is 0 Å². The smallest absolute Gasteiger partial charge is 0.329 e. The number of fused-ring (bicyclic) bond motifs is 3. The molecule has 0 aromatic carbocycles. The largest absolute Gasteiger partial charge is 0.363 e. The fourth-order valence-corrected chi connectivity index (χ4v) is 4.93. The lowest BCUT2D eigenvalue weighted by molar-refractivity contribution is -0.133. The van der Waals surface area contributed by atoms with Crippen LogP contribution >= 0.6 is 0 Å². The second-order valence-corrected chi connectivity index (χ2v) is 9.92. The Balaban J connectivity index is 1.56. The maximum atomic E-state index is 13.4. The third-order valence-corrected chi connectivity index (χ3v) is 6.90. The minimum absolute atomic E-state index is 0.0123. The molecule has 0 saturated carbocycles. The Bertz CT molecular complexity index is 1480. The van der Waals surface area contributed by atoms with Crippen LogP contribution in [0, 0.1) is 0 Å². The molecule has 10 heteroatoms. The number of carbonyl (C=O) groups excluding carboxylic acids is 1. The fourth-order valence-electron chi connectivity index (χ4n) is 4.93. The molecule has 1 aliphatic rings. The zero-order valence-corrected chi connectivity index (χ0v) is 21.5. The van der Waals surface area contributed by atoms with Crippen LogP contribution in [-0.4, -0.2) is 87.6 Å². The predicted octanol–water partition coefficient (Wildman–Crippen LogP) is 2.14. The summed E-state index contributed by atoms with van der Waals surface area (Å²) in [5, 5.41) is 0. The molecule has 4 aromatic heterocycles. The van der Waals surface area contributed by atoms with Crippen molar-refractivity contribution < 1.29 is 4.79 Å². The fraction of sp³-hybridized carbons (Fsp3) is 0.423. The second kappa shape index (κ2) is 9.34. The molecule has 1 saturated heterocycles. The number of likely N-dealkylation sites (N-methyl/N-ethyl adjacent to an activating group) is 1. The predicted molar refractivity (Wildman–Crippen MR) is 141 cm³/mol. The Morgan fingerprint density at radius 2 is 1.78 bits per heavy atom. The van der Waals surface area contributed by atoms with Gasteiger partial charge in [0, 0.05) is 52.0 Å². The van der Waals surface area contributed by atoms with Crippen molar-refractivity contribution in [1.29, 1.82) is 0 Å². The maximum Gasteiger partial charge on any atom is 0.329 e. The van der Waals surface area contributed by atoms with E-state index in [1.54, 1.807) is 17.8 Å². The first-order valence-corrected chi connectivity index (χ1v) is 12.2. The third kappa shape index (κ3) is 4.21. The second-order valence-electron chi connectivity index (χ2n) is 9.92. The van der Waals surface area contributed by atoms with E-state index in [-0.39, 0.29) is 17.6 Å². The number of rotatable bonds is 5. The first-order valence-electron chi connectivity index (χ1n) is 12.2. The van der Waals surface area contributed by atoms with E-state index in [2.05, 4.69) is 9.97 Å². The van der Waals surface area contributed by atoms with Crippen LogP contribution in [0.4, 0.5) is 5.82 Å². The number of likely N-dealkylation sites (tertiary alicyclic amines) is 1. The summed E-state index contributed by atoms with van der Waals surface area (Å²) in [5.74, 6) is 0.995. The number of pyridine rings is 3. The van der Waals surface area contributed by atoms with Crippen molar-refractivity contribution in [3.05, 3.63) is 47.1 Å². The summed E-state index contributed by atoms with van der Waals surface area (Å²) >= 11 is 0. The molecule has 0 unspecified atom stereocenters. The summed E-state index contributed by atoms with van der Waals surface area (Å²) in [6, 6.07) is 7.84. The molecule has 4 aromatic rings. The van der Waals surface area contributed by atoms with Crippen LogP contribution in [0.1, 0.15) is 18.9 Å². The maximum absolute atomic E-state index is 13.4. The van der Waals surface area contributed by atoms with Crippen LogP contribution < -0.4 is 10.6 Å². The average Bonchev–Trinajstić information content (AvgIpc) is 3.13. The standard InChI is InChI=1S/C26H32N8O2/c1-30(2)16-23(35)33-12-10-18(11-13-33)34-25-21(32(5)26(34)36)15-27-20-8-7-19(29-24(20)25)17-6-9-22(28-14-17)31(3)4/h6-9,14-15,18H,10-13,16H2,1-5H3. The first kappa shape index (κ1) is 23.9. The van der Waals surface area contributed by atoms with E-state index in [0.29, 0.717) is 25.2 Å². The molecule has 1 amide bonds. The summed E-state index contributed by atoms with van der Waals surface area (Å²) in [6.45, 7) is 1.66. The molecule has 10 nitrogen and oxygen atoms in total. The number of piperidine rings is 1. The minimum Gasteiger partial charge on any atom is -0.363 e. The highest BCUT2D eigenvalue weighted by Gasteiger charge is 2.28. The number of amides is 1. The van der Waals surface area contributed by atoms with Crippen LogP contribution in [-0.2, 0) is 11.8 Å². The van der Waals surface area contributed by atoms with Gasteiger partial charge in [0.25, 0.3) is 0 Å². The molecule has 5 heterocycles. The Kier molecular flexibility index (Phi) is 6.21. The monoisotopic (exact) mass is 488 g/mol. The van der Waals surface area contributed by atoms with Gasteiger partial charge in [-0.2, -0.15) is 0 Å². The number of aryl methyl sites for hydroxylation is 1. The Morgan fingerprint density at radius 1 is 1.03 bits per heavy atom. The molecule has 5 rings (SSSR count). The molecule has 0 atom stereocenters. The molecule has 0 spiro atoms. The Hall–Kier alpha value is -3.79. The van der Waals surface area contributed by atoms with E-state index in [9.17, 15) is 9.59 Å². The van der Waals surface area contributed by atoms with E-state index in [4.69, 9.17) is 4.98 Å². The lowest BCUT2D eigenvalue weighted by Crippen LogP contribution is -2.44. The third-order valence-electron chi connectivity index (χ3n) is 6.90. The number of hydrogen-bond acceptors (Lipinski definition) is 7. The summed E-state index contributed by atoms with van der Waals surface area (Å²) in [6.07, 6.45) is 5.00. The number of anilines is 1. The summed E-state index contributed by atoms with van der Waals surface area (Å²) < 4.78 is 3.52. The average molecular weight is 489 g/mol. The van der Waals surface area contributed by atoms with Gasteiger partial charge in [-0.15, -0.1) is 0 Å². The van der Waals surface area contributed by atoms with Crippen LogP contribution in [0.15, 0.2) is 41.5 Å². The molecule has 1 aliphatic heterocycles. The van der Waals surface area contributed by atoms with Gasteiger partial charge >= 0.3 is 5.69 Å². The summed E-state index contributed by atoms with van der Waals surface area (Å²) in [7, 11) is 9.48. The molecule has 36 heavy (non-hydrogen) atoms. The normalized spacial score (nSPS) is 14.8. The lowest BCUT2D eigenvalue weighted by Gasteiger charge is -2.33. The van der Waals surface area contributed by atoms with Gasteiger partial charge in [0.15, 0.2) is 0 Å². The number of carbonyl (C=O) groups is 1. The van der Waals surface area contributed by atoms with Gasteiger partial charge in [0.1, 0.15) is 11.3 Å². The van der Waals surface area contributed by atoms with E-state index < -0.39 is 0 Å². The van der Waals surface area contributed by atoms with Crippen molar-refractivity contribution in [2.24, 2.45) is 7.05 Å². The van der Waals surface area contributed by atoms with Crippen molar-refractivity contribution in [2.45, 2.75) is 18.9 Å². The molecule has 0 N–H and O–H groups in total. The summed E-state index contributed by atoms with van der Waals surface area (Å²) in [5.41, 5.74) is 4.59.